The lowest BCUT2D eigenvalue weighted by Crippen LogP contribution is -2.26. The van der Waals surface area contributed by atoms with E-state index >= 15 is 0 Å². The van der Waals surface area contributed by atoms with Crippen molar-refractivity contribution in [2.75, 3.05) is 13.2 Å². The van der Waals surface area contributed by atoms with E-state index in [2.05, 4.69) is 4.52 Å². The Bertz CT molecular complexity index is 188. The SMILES string of the molecule is O=P(O)(O)OC1CCO[C@@H]1CO. The molecule has 1 heterocycles. The molecule has 0 aromatic rings. The fraction of sp³-hybridized carbons (Fsp3) is 1.00. The van der Waals surface area contributed by atoms with Gasteiger partial charge >= 0.3 is 7.82 Å². The van der Waals surface area contributed by atoms with Gasteiger partial charge in [-0.1, -0.05) is 0 Å². The van der Waals surface area contributed by atoms with Crippen LogP contribution in [0, 0.1) is 0 Å². The van der Waals surface area contributed by atoms with Crippen molar-refractivity contribution in [1.29, 1.82) is 0 Å². The Labute approximate surface area is 69.4 Å². The molecule has 7 heteroatoms. The topological polar surface area (TPSA) is 96.2 Å². The van der Waals surface area contributed by atoms with Crippen LogP contribution in [-0.2, 0) is 13.8 Å². The zero-order chi connectivity index (χ0) is 9.19. The van der Waals surface area contributed by atoms with Crippen molar-refractivity contribution in [1.82, 2.24) is 0 Å². The molecule has 0 amide bonds. The maximum Gasteiger partial charge on any atom is 0.469 e. The molecular weight excluding hydrogens is 187 g/mol. The second-order valence-electron chi connectivity index (χ2n) is 2.51. The highest BCUT2D eigenvalue weighted by Crippen LogP contribution is 2.40. The van der Waals surface area contributed by atoms with E-state index < -0.39 is 20.0 Å². The van der Waals surface area contributed by atoms with Gasteiger partial charge in [0.2, 0.25) is 0 Å². The Morgan fingerprint density at radius 3 is 2.75 bits per heavy atom. The van der Waals surface area contributed by atoms with Crippen LogP contribution in [0.2, 0.25) is 0 Å². The lowest BCUT2D eigenvalue weighted by Gasteiger charge is -2.16. The summed E-state index contributed by atoms with van der Waals surface area (Å²) in [5.41, 5.74) is 0. The summed E-state index contributed by atoms with van der Waals surface area (Å²) in [5.74, 6) is 0. The average Bonchev–Trinajstić information content (AvgIpc) is 2.31. The largest absolute Gasteiger partial charge is 0.469 e. The highest BCUT2D eigenvalue weighted by atomic mass is 31.2. The number of phosphoric ester groups is 1. The zero-order valence-corrected chi connectivity index (χ0v) is 7.18. The minimum absolute atomic E-state index is 0.287. The van der Waals surface area contributed by atoms with Gasteiger partial charge in [0.1, 0.15) is 12.2 Å². The van der Waals surface area contributed by atoms with Gasteiger partial charge in [-0.05, 0) is 0 Å². The molecule has 1 aliphatic rings. The van der Waals surface area contributed by atoms with Crippen LogP contribution in [0.4, 0.5) is 0 Å². The van der Waals surface area contributed by atoms with E-state index in [-0.39, 0.29) is 6.61 Å². The highest BCUT2D eigenvalue weighted by molar-refractivity contribution is 7.46. The van der Waals surface area contributed by atoms with Gasteiger partial charge in [-0.3, -0.25) is 4.52 Å². The molecule has 6 nitrogen and oxygen atoms in total. The summed E-state index contributed by atoms with van der Waals surface area (Å²) in [5, 5.41) is 8.68. The Morgan fingerprint density at radius 2 is 2.25 bits per heavy atom. The minimum Gasteiger partial charge on any atom is -0.394 e. The fourth-order valence-electron chi connectivity index (χ4n) is 1.10. The van der Waals surface area contributed by atoms with Crippen LogP contribution in [0.5, 0.6) is 0 Å². The smallest absolute Gasteiger partial charge is 0.394 e. The molecule has 0 spiro atoms. The number of hydrogen-bond acceptors (Lipinski definition) is 4. The molecule has 1 aliphatic heterocycles. The predicted octanol–water partition coefficient (Wildman–Crippen LogP) is -0.755. The molecule has 3 N–H and O–H groups in total. The molecule has 1 rings (SSSR count). The maximum atomic E-state index is 10.4. The van der Waals surface area contributed by atoms with Gasteiger partial charge in [-0.2, -0.15) is 0 Å². The van der Waals surface area contributed by atoms with Crippen LogP contribution in [0.3, 0.4) is 0 Å². The molecule has 0 aromatic heterocycles. The Kier molecular flexibility index (Phi) is 3.22. The van der Waals surface area contributed by atoms with Crippen LogP contribution in [-0.4, -0.2) is 40.3 Å². The van der Waals surface area contributed by atoms with Crippen LogP contribution in [0.15, 0.2) is 0 Å². The van der Waals surface area contributed by atoms with Gasteiger partial charge < -0.3 is 19.6 Å². The van der Waals surface area contributed by atoms with Gasteiger partial charge in [0.05, 0.1) is 6.61 Å². The van der Waals surface area contributed by atoms with E-state index in [4.69, 9.17) is 19.6 Å². The Morgan fingerprint density at radius 1 is 1.58 bits per heavy atom. The van der Waals surface area contributed by atoms with Crippen molar-refractivity contribution in [3.05, 3.63) is 0 Å². The third-order valence-corrected chi connectivity index (χ3v) is 2.15. The zero-order valence-electron chi connectivity index (χ0n) is 6.29. The Hall–Kier alpha value is 0.0300. The number of rotatable bonds is 3. The van der Waals surface area contributed by atoms with Crippen LogP contribution < -0.4 is 0 Å². The van der Waals surface area contributed by atoms with Gasteiger partial charge in [0.15, 0.2) is 0 Å². The molecule has 0 saturated carbocycles. The summed E-state index contributed by atoms with van der Waals surface area (Å²) in [6.07, 6.45) is -0.912. The first-order valence-electron chi connectivity index (χ1n) is 3.49. The number of phosphoric acid groups is 1. The average molecular weight is 198 g/mol. The summed E-state index contributed by atoms with van der Waals surface area (Å²) < 4.78 is 19.7. The van der Waals surface area contributed by atoms with E-state index in [1.807, 2.05) is 0 Å². The third kappa shape index (κ3) is 2.82. The van der Waals surface area contributed by atoms with Crippen LogP contribution >= 0.6 is 7.82 Å². The van der Waals surface area contributed by atoms with Gasteiger partial charge in [-0.15, -0.1) is 0 Å². The van der Waals surface area contributed by atoms with Gasteiger partial charge in [0.25, 0.3) is 0 Å². The molecule has 0 aliphatic carbocycles. The minimum atomic E-state index is -4.46. The van der Waals surface area contributed by atoms with E-state index in [0.29, 0.717) is 13.0 Å². The number of aliphatic hydroxyl groups excluding tert-OH is 1. The molecule has 1 saturated heterocycles. The molecule has 2 atom stereocenters. The highest BCUT2D eigenvalue weighted by Gasteiger charge is 2.33. The Balaban J connectivity index is 2.46. The molecule has 72 valence electrons. The van der Waals surface area contributed by atoms with Crippen molar-refractivity contribution in [2.45, 2.75) is 18.6 Å². The quantitative estimate of drug-likeness (QED) is 0.516. The molecule has 0 radical (unpaired) electrons. The van der Waals surface area contributed by atoms with Gasteiger partial charge in [-0.25, -0.2) is 4.57 Å². The normalized spacial score (nSPS) is 30.9. The van der Waals surface area contributed by atoms with Crippen molar-refractivity contribution >= 4 is 7.82 Å². The van der Waals surface area contributed by atoms with Crippen LogP contribution in [0.25, 0.3) is 0 Å². The van der Waals surface area contributed by atoms with E-state index in [1.165, 1.54) is 0 Å². The van der Waals surface area contributed by atoms with Crippen molar-refractivity contribution < 1.29 is 28.7 Å². The van der Waals surface area contributed by atoms with Crippen molar-refractivity contribution in [3.63, 3.8) is 0 Å². The van der Waals surface area contributed by atoms with Crippen LogP contribution in [0.1, 0.15) is 6.42 Å². The second kappa shape index (κ2) is 3.83. The second-order valence-corrected chi connectivity index (χ2v) is 3.71. The number of ether oxygens (including phenoxy) is 1. The molecule has 0 bridgehead atoms. The number of hydrogen-bond donors (Lipinski definition) is 3. The van der Waals surface area contributed by atoms with E-state index in [1.54, 1.807) is 0 Å². The first-order chi connectivity index (χ1) is 5.53. The monoisotopic (exact) mass is 198 g/mol. The summed E-state index contributed by atoms with van der Waals surface area (Å²) in [4.78, 5) is 16.9. The fourth-order valence-corrected chi connectivity index (χ4v) is 1.69. The molecular formula is C5H11O6P. The standard InChI is InChI=1S/C5H11O6P/c6-3-5-4(1-2-10-5)11-12(7,8)9/h4-6H,1-3H2,(H2,7,8,9)/t4?,5-/m1/s1. The molecule has 1 fully saturated rings. The summed E-state index contributed by atoms with van der Waals surface area (Å²) in [7, 11) is -4.46. The first kappa shape index (κ1) is 10.1. The lowest BCUT2D eigenvalue weighted by atomic mass is 10.2. The maximum absolute atomic E-state index is 10.4. The third-order valence-electron chi connectivity index (χ3n) is 1.60. The summed E-state index contributed by atoms with van der Waals surface area (Å²) in [6.45, 7) is 0.0700. The number of aliphatic hydroxyl groups is 1. The van der Waals surface area contributed by atoms with E-state index in [0.717, 1.165) is 0 Å². The molecule has 1 unspecified atom stereocenters. The lowest BCUT2D eigenvalue weighted by molar-refractivity contribution is 0.00347. The predicted molar refractivity (Wildman–Crippen MR) is 38.4 cm³/mol. The van der Waals surface area contributed by atoms with Crippen molar-refractivity contribution in [2.24, 2.45) is 0 Å². The van der Waals surface area contributed by atoms with Crippen molar-refractivity contribution in [3.8, 4) is 0 Å². The first-order valence-corrected chi connectivity index (χ1v) is 5.02. The molecule has 0 aromatic carbocycles. The van der Waals surface area contributed by atoms with Gasteiger partial charge in [0, 0.05) is 13.0 Å². The summed E-state index contributed by atoms with van der Waals surface area (Å²) in [6, 6.07) is 0. The molecule has 12 heavy (non-hydrogen) atoms. The van der Waals surface area contributed by atoms with E-state index in [9.17, 15) is 4.57 Å². The summed E-state index contributed by atoms with van der Waals surface area (Å²) >= 11 is 0.